The third-order valence-corrected chi connectivity index (χ3v) is 2.52. The van der Waals surface area contributed by atoms with E-state index in [2.05, 4.69) is 5.10 Å². The SMILES string of the molecule is Cn1nc(-c2ccc(Cl)cc2)cc1C(N)=O. The van der Waals surface area contributed by atoms with E-state index in [1.165, 1.54) is 4.68 Å². The molecule has 0 bridgehead atoms. The number of aromatic nitrogens is 2. The Morgan fingerprint density at radius 1 is 1.38 bits per heavy atom. The fraction of sp³-hybridized carbons (Fsp3) is 0.0909. The number of rotatable bonds is 2. The van der Waals surface area contributed by atoms with E-state index in [4.69, 9.17) is 17.3 Å². The van der Waals surface area contributed by atoms with Crippen LogP contribution in [0.3, 0.4) is 0 Å². The maximum atomic E-state index is 11.1. The van der Waals surface area contributed by atoms with Crippen LogP contribution in [-0.4, -0.2) is 15.7 Å². The minimum absolute atomic E-state index is 0.380. The van der Waals surface area contributed by atoms with E-state index in [-0.39, 0.29) is 0 Å². The number of aryl methyl sites for hydroxylation is 1. The molecule has 16 heavy (non-hydrogen) atoms. The predicted molar refractivity (Wildman–Crippen MR) is 62.2 cm³/mol. The molecule has 82 valence electrons. The van der Waals surface area contributed by atoms with Gasteiger partial charge in [-0.25, -0.2) is 0 Å². The summed E-state index contributed by atoms with van der Waals surface area (Å²) in [6.45, 7) is 0. The topological polar surface area (TPSA) is 60.9 Å². The Morgan fingerprint density at radius 3 is 2.50 bits per heavy atom. The lowest BCUT2D eigenvalue weighted by Gasteiger charge is -1.95. The van der Waals surface area contributed by atoms with E-state index in [9.17, 15) is 4.79 Å². The molecule has 1 aromatic carbocycles. The number of benzene rings is 1. The van der Waals surface area contributed by atoms with E-state index >= 15 is 0 Å². The van der Waals surface area contributed by atoms with Crippen LogP contribution in [0, 0.1) is 0 Å². The minimum Gasteiger partial charge on any atom is -0.364 e. The molecule has 0 saturated carbocycles. The maximum absolute atomic E-state index is 11.1. The van der Waals surface area contributed by atoms with Gasteiger partial charge in [0.05, 0.1) is 5.69 Å². The number of carbonyl (C=O) groups excluding carboxylic acids is 1. The van der Waals surface area contributed by atoms with Crippen molar-refractivity contribution in [2.45, 2.75) is 0 Å². The van der Waals surface area contributed by atoms with Crippen molar-refractivity contribution in [1.82, 2.24) is 9.78 Å². The van der Waals surface area contributed by atoms with Crippen molar-refractivity contribution >= 4 is 17.5 Å². The number of amides is 1. The molecule has 0 atom stereocenters. The van der Waals surface area contributed by atoms with Crippen molar-refractivity contribution in [2.24, 2.45) is 12.8 Å². The molecule has 2 N–H and O–H groups in total. The summed E-state index contributed by atoms with van der Waals surface area (Å²) >= 11 is 5.79. The van der Waals surface area contributed by atoms with Gasteiger partial charge in [0.25, 0.3) is 5.91 Å². The van der Waals surface area contributed by atoms with Gasteiger partial charge >= 0.3 is 0 Å². The molecule has 0 fully saturated rings. The highest BCUT2D eigenvalue weighted by molar-refractivity contribution is 6.30. The summed E-state index contributed by atoms with van der Waals surface area (Å²) in [4.78, 5) is 11.1. The number of nitrogens with two attached hydrogens (primary N) is 1. The van der Waals surface area contributed by atoms with Crippen LogP contribution in [-0.2, 0) is 7.05 Å². The van der Waals surface area contributed by atoms with Crippen molar-refractivity contribution in [3.63, 3.8) is 0 Å². The van der Waals surface area contributed by atoms with Crippen molar-refractivity contribution in [1.29, 1.82) is 0 Å². The van der Waals surface area contributed by atoms with Gasteiger partial charge in [-0.1, -0.05) is 23.7 Å². The van der Waals surface area contributed by atoms with E-state index in [0.717, 1.165) is 5.56 Å². The molecule has 1 amide bonds. The normalized spacial score (nSPS) is 10.4. The maximum Gasteiger partial charge on any atom is 0.266 e. The van der Waals surface area contributed by atoms with Crippen LogP contribution in [0.25, 0.3) is 11.3 Å². The summed E-state index contributed by atoms with van der Waals surface area (Å²) < 4.78 is 1.46. The minimum atomic E-state index is -0.491. The number of hydrogen-bond donors (Lipinski definition) is 1. The molecule has 0 spiro atoms. The Kier molecular flexibility index (Phi) is 2.66. The van der Waals surface area contributed by atoms with Crippen LogP contribution < -0.4 is 5.73 Å². The monoisotopic (exact) mass is 235 g/mol. The van der Waals surface area contributed by atoms with Gasteiger partial charge < -0.3 is 5.73 Å². The van der Waals surface area contributed by atoms with Crippen molar-refractivity contribution in [2.75, 3.05) is 0 Å². The second kappa shape index (κ2) is 3.98. The highest BCUT2D eigenvalue weighted by atomic mass is 35.5. The van der Waals surface area contributed by atoms with Crippen molar-refractivity contribution in [3.05, 3.63) is 41.0 Å². The van der Waals surface area contributed by atoms with Crippen LogP contribution in [0.1, 0.15) is 10.5 Å². The standard InChI is InChI=1S/C11H10ClN3O/c1-15-10(11(13)16)6-9(14-15)7-2-4-8(12)5-3-7/h2-6H,1H3,(H2,13,16). The zero-order chi connectivity index (χ0) is 11.7. The largest absolute Gasteiger partial charge is 0.364 e. The lowest BCUT2D eigenvalue weighted by molar-refractivity contribution is 0.0991. The smallest absolute Gasteiger partial charge is 0.266 e. The highest BCUT2D eigenvalue weighted by Crippen LogP contribution is 2.20. The highest BCUT2D eigenvalue weighted by Gasteiger charge is 2.10. The van der Waals surface area contributed by atoms with E-state index in [1.54, 1.807) is 25.2 Å². The lowest BCUT2D eigenvalue weighted by atomic mass is 10.1. The van der Waals surface area contributed by atoms with Gasteiger partial charge in [-0.05, 0) is 18.2 Å². The molecule has 0 aliphatic rings. The molecular formula is C11H10ClN3O. The molecule has 2 aromatic rings. The average molecular weight is 236 g/mol. The second-order valence-corrected chi connectivity index (χ2v) is 3.85. The first-order valence-electron chi connectivity index (χ1n) is 4.67. The van der Waals surface area contributed by atoms with Gasteiger partial charge in [0.1, 0.15) is 5.69 Å². The molecule has 0 unspecified atom stereocenters. The van der Waals surface area contributed by atoms with Crippen LogP contribution in [0.5, 0.6) is 0 Å². The van der Waals surface area contributed by atoms with Gasteiger partial charge in [0.15, 0.2) is 0 Å². The molecule has 1 heterocycles. The Morgan fingerprint density at radius 2 is 2.00 bits per heavy atom. The molecule has 0 aliphatic heterocycles. The molecule has 0 saturated heterocycles. The molecule has 4 nitrogen and oxygen atoms in total. The number of hydrogen-bond acceptors (Lipinski definition) is 2. The first-order chi connectivity index (χ1) is 7.58. The van der Waals surface area contributed by atoms with Crippen LogP contribution >= 0.6 is 11.6 Å². The Bertz CT molecular complexity index is 531. The van der Waals surface area contributed by atoms with Gasteiger partial charge in [-0.3, -0.25) is 9.48 Å². The fourth-order valence-electron chi connectivity index (χ4n) is 1.46. The fourth-order valence-corrected chi connectivity index (χ4v) is 1.59. The second-order valence-electron chi connectivity index (χ2n) is 3.41. The van der Waals surface area contributed by atoms with Crippen LogP contribution in [0.15, 0.2) is 30.3 Å². The van der Waals surface area contributed by atoms with Gasteiger partial charge in [-0.15, -0.1) is 0 Å². The molecule has 0 radical (unpaired) electrons. The first-order valence-corrected chi connectivity index (χ1v) is 5.05. The van der Waals surface area contributed by atoms with Gasteiger partial charge in [0.2, 0.25) is 0 Å². The Hall–Kier alpha value is -1.81. The average Bonchev–Trinajstić information content (AvgIpc) is 2.61. The van der Waals surface area contributed by atoms with Crippen molar-refractivity contribution < 1.29 is 4.79 Å². The summed E-state index contributed by atoms with van der Waals surface area (Å²) in [5.41, 5.74) is 7.19. The zero-order valence-electron chi connectivity index (χ0n) is 8.64. The predicted octanol–water partition coefficient (Wildman–Crippen LogP) is 1.84. The zero-order valence-corrected chi connectivity index (χ0v) is 9.40. The summed E-state index contributed by atoms with van der Waals surface area (Å²) in [5, 5.41) is 4.87. The third-order valence-electron chi connectivity index (χ3n) is 2.27. The molecular weight excluding hydrogens is 226 g/mol. The number of primary amides is 1. The van der Waals surface area contributed by atoms with Gasteiger partial charge in [0, 0.05) is 17.6 Å². The molecule has 1 aromatic heterocycles. The summed E-state index contributed by atoms with van der Waals surface area (Å²) in [5.74, 6) is -0.491. The van der Waals surface area contributed by atoms with Crippen LogP contribution in [0.4, 0.5) is 0 Å². The van der Waals surface area contributed by atoms with Crippen molar-refractivity contribution in [3.8, 4) is 11.3 Å². The molecule has 2 rings (SSSR count). The van der Waals surface area contributed by atoms with E-state index < -0.39 is 5.91 Å². The number of halogens is 1. The van der Waals surface area contributed by atoms with Crippen LogP contribution in [0.2, 0.25) is 5.02 Å². The Balaban J connectivity index is 2.45. The summed E-state index contributed by atoms with van der Waals surface area (Å²) in [7, 11) is 1.68. The molecule has 0 aliphatic carbocycles. The molecule has 5 heteroatoms. The van der Waals surface area contributed by atoms with E-state index in [0.29, 0.717) is 16.4 Å². The van der Waals surface area contributed by atoms with E-state index in [1.807, 2.05) is 12.1 Å². The lowest BCUT2D eigenvalue weighted by Crippen LogP contribution is -2.15. The third kappa shape index (κ3) is 1.92. The summed E-state index contributed by atoms with van der Waals surface area (Å²) in [6.07, 6.45) is 0. The first kappa shape index (κ1) is 10.7. The quantitative estimate of drug-likeness (QED) is 0.864. The number of carbonyl (C=O) groups is 1. The number of nitrogens with zero attached hydrogens (tertiary/aromatic N) is 2. The Labute approximate surface area is 97.6 Å². The summed E-state index contributed by atoms with van der Waals surface area (Å²) in [6, 6.07) is 8.89. The van der Waals surface area contributed by atoms with Gasteiger partial charge in [-0.2, -0.15) is 5.10 Å².